The number of aliphatic hydroxyl groups is 2. The summed E-state index contributed by atoms with van der Waals surface area (Å²) < 4.78 is 5.33. The summed E-state index contributed by atoms with van der Waals surface area (Å²) in [6, 6.07) is 0. The first kappa shape index (κ1) is 23.5. The molecule has 170 valence electrons. The van der Waals surface area contributed by atoms with Gasteiger partial charge >= 0.3 is 5.97 Å². The van der Waals surface area contributed by atoms with Crippen LogP contribution in [-0.4, -0.2) is 34.5 Å². The molecule has 30 heavy (non-hydrogen) atoms. The van der Waals surface area contributed by atoms with Crippen molar-refractivity contribution in [3.63, 3.8) is 0 Å². The van der Waals surface area contributed by atoms with E-state index < -0.39 is 12.2 Å². The fourth-order valence-corrected chi connectivity index (χ4v) is 6.61. The summed E-state index contributed by atoms with van der Waals surface area (Å²) in [5.41, 5.74) is 3.04. The van der Waals surface area contributed by atoms with Crippen molar-refractivity contribution in [2.24, 2.45) is 23.2 Å². The van der Waals surface area contributed by atoms with Gasteiger partial charge in [0.25, 0.3) is 0 Å². The molecule has 3 aliphatic carbocycles. The van der Waals surface area contributed by atoms with Gasteiger partial charge < -0.3 is 14.9 Å². The lowest BCUT2D eigenvalue weighted by atomic mass is 9.60. The fourth-order valence-electron chi connectivity index (χ4n) is 6.61. The number of esters is 1. The highest BCUT2D eigenvalue weighted by Gasteiger charge is 2.50. The number of rotatable bonds is 6. The molecule has 6 atom stereocenters. The summed E-state index contributed by atoms with van der Waals surface area (Å²) in [4.78, 5) is 12.0. The van der Waals surface area contributed by atoms with E-state index >= 15 is 0 Å². The molecule has 4 heteroatoms. The van der Waals surface area contributed by atoms with Crippen LogP contribution in [0.2, 0.25) is 0 Å². The molecular weight excluding hydrogens is 376 g/mol. The Balaban J connectivity index is 1.65. The normalized spacial score (nSPS) is 36.6. The van der Waals surface area contributed by atoms with Crippen LogP contribution in [0, 0.1) is 23.2 Å². The summed E-state index contributed by atoms with van der Waals surface area (Å²) in [6.45, 7) is 8.62. The van der Waals surface area contributed by atoms with Crippen LogP contribution >= 0.6 is 0 Å². The van der Waals surface area contributed by atoms with Gasteiger partial charge in [0, 0.05) is 6.42 Å². The van der Waals surface area contributed by atoms with E-state index in [0.29, 0.717) is 48.9 Å². The maximum absolute atomic E-state index is 12.0. The number of allylic oxidation sites excluding steroid dienone is 3. The standard InChI is InChI=1S/C26H42O4/c1-17(2)30-25(29)12-7-18(3)23-10-11-24-20(6-5-13-26(23,24)4)9-8-19-14-21(27)16-22(28)15-19/h8-9,17-18,21-24,27-28H,5-7,10-16H2,1-4H3/b20-9+/t18-,21-,22-,23-,24+,26-/m1/s1. The van der Waals surface area contributed by atoms with E-state index in [-0.39, 0.29) is 12.1 Å². The molecule has 0 bridgehead atoms. The number of fused-ring (bicyclic) bond motifs is 1. The Kier molecular flexibility index (Phi) is 7.84. The third kappa shape index (κ3) is 5.56. The fraction of sp³-hybridized carbons (Fsp3) is 0.808. The van der Waals surface area contributed by atoms with Crippen LogP contribution in [0.5, 0.6) is 0 Å². The van der Waals surface area contributed by atoms with Crippen LogP contribution in [0.15, 0.2) is 23.3 Å². The SMILES string of the molecule is CC(C)OC(=O)CC[C@@H](C)[C@H]1CC[C@H]2/C(=C/C=C3C[C@@H](O)C[C@H](O)C3)CCC[C@]12C. The second-order valence-corrected chi connectivity index (χ2v) is 10.7. The molecular formula is C26H42O4. The minimum absolute atomic E-state index is 0.0345. The Labute approximate surface area is 182 Å². The zero-order chi connectivity index (χ0) is 21.9. The number of aliphatic hydroxyl groups excluding tert-OH is 2. The number of hydrogen-bond donors (Lipinski definition) is 2. The van der Waals surface area contributed by atoms with Gasteiger partial charge in [-0.3, -0.25) is 4.79 Å². The van der Waals surface area contributed by atoms with Crippen molar-refractivity contribution in [2.45, 2.75) is 110 Å². The summed E-state index contributed by atoms with van der Waals surface area (Å²) in [6.07, 6.45) is 13.1. The molecule has 2 N–H and O–H groups in total. The van der Waals surface area contributed by atoms with Crippen LogP contribution in [0.3, 0.4) is 0 Å². The van der Waals surface area contributed by atoms with Gasteiger partial charge in [0.2, 0.25) is 0 Å². The second-order valence-electron chi connectivity index (χ2n) is 10.7. The zero-order valence-electron chi connectivity index (χ0n) is 19.4. The molecule has 0 aromatic carbocycles. The Hall–Kier alpha value is -1.13. The molecule has 0 saturated heterocycles. The molecule has 0 unspecified atom stereocenters. The van der Waals surface area contributed by atoms with E-state index in [2.05, 4.69) is 26.0 Å². The number of hydrogen-bond acceptors (Lipinski definition) is 4. The Morgan fingerprint density at radius 3 is 2.53 bits per heavy atom. The highest BCUT2D eigenvalue weighted by molar-refractivity contribution is 5.69. The first-order valence-electron chi connectivity index (χ1n) is 12.1. The molecule has 3 saturated carbocycles. The molecule has 3 aliphatic rings. The van der Waals surface area contributed by atoms with Gasteiger partial charge in [-0.15, -0.1) is 0 Å². The summed E-state index contributed by atoms with van der Waals surface area (Å²) in [5.74, 6) is 1.74. The lowest BCUT2D eigenvalue weighted by Gasteiger charge is -2.44. The van der Waals surface area contributed by atoms with Crippen LogP contribution in [0.1, 0.15) is 91.9 Å². The summed E-state index contributed by atoms with van der Waals surface area (Å²) in [5, 5.41) is 19.9. The topological polar surface area (TPSA) is 66.8 Å². The molecule has 0 heterocycles. The van der Waals surface area contributed by atoms with Gasteiger partial charge in [-0.1, -0.05) is 37.1 Å². The highest BCUT2D eigenvalue weighted by Crippen LogP contribution is 2.59. The van der Waals surface area contributed by atoms with E-state index in [9.17, 15) is 15.0 Å². The largest absolute Gasteiger partial charge is 0.463 e. The smallest absolute Gasteiger partial charge is 0.306 e. The predicted molar refractivity (Wildman–Crippen MR) is 120 cm³/mol. The Morgan fingerprint density at radius 1 is 1.17 bits per heavy atom. The average molecular weight is 419 g/mol. The van der Waals surface area contributed by atoms with Crippen molar-refractivity contribution in [1.82, 2.24) is 0 Å². The van der Waals surface area contributed by atoms with Crippen molar-refractivity contribution in [3.8, 4) is 0 Å². The van der Waals surface area contributed by atoms with Gasteiger partial charge in [0.05, 0.1) is 18.3 Å². The van der Waals surface area contributed by atoms with Crippen LogP contribution in [0.25, 0.3) is 0 Å². The second kappa shape index (κ2) is 9.99. The van der Waals surface area contributed by atoms with Crippen molar-refractivity contribution < 1.29 is 19.7 Å². The number of ether oxygens (including phenoxy) is 1. The van der Waals surface area contributed by atoms with Gasteiger partial charge in [-0.05, 0) is 94.8 Å². The van der Waals surface area contributed by atoms with Gasteiger partial charge in [0.1, 0.15) is 0 Å². The van der Waals surface area contributed by atoms with E-state index in [1.807, 2.05) is 13.8 Å². The van der Waals surface area contributed by atoms with Crippen molar-refractivity contribution in [3.05, 3.63) is 23.3 Å². The van der Waals surface area contributed by atoms with E-state index in [0.717, 1.165) is 12.8 Å². The van der Waals surface area contributed by atoms with E-state index in [4.69, 9.17) is 4.74 Å². The van der Waals surface area contributed by atoms with Crippen molar-refractivity contribution in [1.29, 1.82) is 0 Å². The lowest BCUT2D eigenvalue weighted by Crippen LogP contribution is -2.36. The van der Waals surface area contributed by atoms with Crippen molar-refractivity contribution >= 4 is 5.97 Å². The minimum Gasteiger partial charge on any atom is -0.463 e. The maximum atomic E-state index is 12.0. The molecule has 0 aromatic heterocycles. The summed E-state index contributed by atoms with van der Waals surface area (Å²) >= 11 is 0. The monoisotopic (exact) mass is 418 g/mol. The first-order chi connectivity index (χ1) is 14.2. The predicted octanol–water partition coefficient (Wildman–Crippen LogP) is 5.33. The Bertz CT molecular complexity index is 652. The number of carbonyl (C=O) groups excluding carboxylic acids is 1. The van der Waals surface area contributed by atoms with Gasteiger partial charge in [0.15, 0.2) is 0 Å². The lowest BCUT2D eigenvalue weighted by molar-refractivity contribution is -0.147. The minimum atomic E-state index is -0.408. The molecule has 0 spiro atoms. The number of carbonyl (C=O) groups is 1. The molecule has 3 rings (SSSR count). The van der Waals surface area contributed by atoms with Gasteiger partial charge in [-0.25, -0.2) is 0 Å². The van der Waals surface area contributed by atoms with Crippen molar-refractivity contribution in [2.75, 3.05) is 0 Å². The quantitative estimate of drug-likeness (QED) is 0.572. The maximum Gasteiger partial charge on any atom is 0.306 e. The molecule has 4 nitrogen and oxygen atoms in total. The molecule has 3 fully saturated rings. The molecule has 0 amide bonds. The zero-order valence-corrected chi connectivity index (χ0v) is 19.4. The molecule has 0 aliphatic heterocycles. The first-order valence-corrected chi connectivity index (χ1v) is 12.1. The molecule has 0 aromatic rings. The van der Waals surface area contributed by atoms with Gasteiger partial charge in [-0.2, -0.15) is 0 Å². The van der Waals surface area contributed by atoms with Crippen LogP contribution in [-0.2, 0) is 9.53 Å². The third-order valence-corrected chi connectivity index (χ3v) is 7.97. The van der Waals surface area contributed by atoms with Crippen LogP contribution < -0.4 is 0 Å². The average Bonchev–Trinajstić information content (AvgIpc) is 3.00. The highest BCUT2D eigenvalue weighted by atomic mass is 16.5. The summed E-state index contributed by atoms with van der Waals surface area (Å²) in [7, 11) is 0. The third-order valence-electron chi connectivity index (χ3n) is 7.97. The van der Waals surface area contributed by atoms with E-state index in [1.54, 1.807) is 5.57 Å². The van der Waals surface area contributed by atoms with E-state index in [1.165, 1.54) is 31.3 Å². The Morgan fingerprint density at radius 2 is 1.87 bits per heavy atom. The van der Waals surface area contributed by atoms with Crippen LogP contribution in [0.4, 0.5) is 0 Å². The molecule has 0 radical (unpaired) electrons.